The van der Waals surface area contributed by atoms with Crippen LogP contribution in [-0.4, -0.2) is 20.5 Å². The Morgan fingerprint density at radius 1 is 1.67 bits per heavy atom. The van der Waals surface area contributed by atoms with Crippen LogP contribution >= 0.6 is 15.9 Å². The summed E-state index contributed by atoms with van der Waals surface area (Å²) in [7, 11) is 0. The number of carbonyl (C=O) groups is 1. The van der Waals surface area contributed by atoms with Crippen molar-refractivity contribution < 1.29 is 9.90 Å². The van der Waals surface area contributed by atoms with Crippen molar-refractivity contribution in [3.8, 4) is 0 Å². The van der Waals surface area contributed by atoms with E-state index in [1.54, 1.807) is 0 Å². The number of carboxylic acid groups (broad SMARTS) is 1. The van der Waals surface area contributed by atoms with E-state index < -0.39 is 5.97 Å². The zero-order valence-corrected chi connectivity index (χ0v) is 9.65. The molecule has 2 heterocycles. The molecule has 0 aliphatic rings. The van der Waals surface area contributed by atoms with E-state index in [4.69, 9.17) is 5.11 Å². The Morgan fingerprint density at radius 2 is 2.40 bits per heavy atom. The standard InChI is InChI=1S/C10H9BrN2O2/c1-6-12-8(5-10(14)15)9-4-7(11)2-3-13(6)9/h2-4H,5H2,1H3,(H,14,15). The first-order valence-corrected chi connectivity index (χ1v) is 5.22. The van der Waals surface area contributed by atoms with Crippen molar-refractivity contribution in [3.63, 3.8) is 0 Å². The number of hydrogen-bond donors (Lipinski definition) is 1. The van der Waals surface area contributed by atoms with Gasteiger partial charge in [-0.2, -0.15) is 0 Å². The van der Waals surface area contributed by atoms with Gasteiger partial charge in [0.1, 0.15) is 5.82 Å². The minimum atomic E-state index is -0.866. The van der Waals surface area contributed by atoms with Crippen LogP contribution in [0.15, 0.2) is 22.8 Å². The highest BCUT2D eigenvalue weighted by atomic mass is 79.9. The summed E-state index contributed by atoms with van der Waals surface area (Å²) in [5.74, 6) is -0.0660. The van der Waals surface area contributed by atoms with Gasteiger partial charge in [0.15, 0.2) is 0 Å². The fraction of sp³-hybridized carbons (Fsp3) is 0.200. The maximum Gasteiger partial charge on any atom is 0.309 e. The molecule has 15 heavy (non-hydrogen) atoms. The Kier molecular flexibility index (Phi) is 2.48. The SMILES string of the molecule is Cc1nc(CC(=O)O)c2cc(Br)ccn12. The molecule has 0 amide bonds. The summed E-state index contributed by atoms with van der Waals surface area (Å²) >= 11 is 3.35. The summed E-state index contributed by atoms with van der Waals surface area (Å²) in [5, 5.41) is 8.74. The highest BCUT2D eigenvalue weighted by molar-refractivity contribution is 9.10. The molecule has 0 atom stereocenters. The fourth-order valence-corrected chi connectivity index (χ4v) is 1.89. The highest BCUT2D eigenvalue weighted by Gasteiger charge is 2.11. The van der Waals surface area contributed by atoms with Crippen LogP contribution in [0.2, 0.25) is 0 Å². The average Bonchev–Trinajstić information content (AvgIpc) is 2.42. The second-order valence-electron chi connectivity index (χ2n) is 3.28. The molecular formula is C10H9BrN2O2. The molecule has 0 aliphatic carbocycles. The third-order valence-corrected chi connectivity index (χ3v) is 2.67. The van der Waals surface area contributed by atoms with Crippen LogP contribution in [0.1, 0.15) is 11.5 Å². The topological polar surface area (TPSA) is 54.6 Å². The molecule has 0 aliphatic heterocycles. The Bertz CT molecular complexity index is 533. The lowest BCUT2D eigenvalue weighted by Crippen LogP contribution is -2.00. The molecule has 2 aromatic rings. The maximum absolute atomic E-state index is 10.6. The Labute approximate surface area is 94.7 Å². The van der Waals surface area contributed by atoms with Gasteiger partial charge in [0.2, 0.25) is 0 Å². The first-order valence-electron chi connectivity index (χ1n) is 4.43. The van der Waals surface area contributed by atoms with Crippen molar-refractivity contribution in [1.29, 1.82) is 0 Å². The van der Waals surface area contributed by atoms with Crippen LogP contribution in [0.4, 0.5) is 0 Å². The number of carboxylic acids is 1. The molecule has 0 aromatic carbocycles. The van der Waals surface area contributed by atoms with Gasteiger partial charge >= 0.3 is 5.97 Å². The van der Waals surface area contributed by atoms with Gasteiger partial charge in [-0.1, -0.05) is 15.9 Å². The number of pyridine rings is 1. The van der Waals surface area contributed by atoms with E-state index in [-0.39, 0.29) is 6.42 Å². The van der Waals surface area contributed by atoms with Crippen molar-refractivity contribution >= 4 is 27.4 Å². The van der Waals surface area contributed by atoms with Gasteiger partial charge in [0.05, 0.1) is 17.6 Å². The summed E-state index contributed by atoms with van der Waals surface area (Å²) < 4.78 is 2.80. The van der Waals surface area contributed by atoms with Crippen LogP contribution in [0.3, 0.4) is 0 Å². The Balaban J connectivity index is 2.64. The predicted octanol–water partition coefficient (Wildman–Crippen LogP) is 2.03. The molecule has 0 unspecified atom stereocenters. The largest absolute Gasteiger partial charge is 0.481 e. The van der Waals surface area contributed by atoms with Gasteiger partial charge in [-0.25, -0.2) is 4.98 Å². The lowest BCUT2D eigenvalue weighted by Gasteiger charge is -1.97. The van der Waals surface area contributed by atoms with E-state index in [1.807, 2.05) is 29.7 Å². The van der Waals surface area contributed by atoms with Crippen molar-refractivity contribution in [2.75, 3.05) is 0 Å². The maximum atomic E-state index is 10.6. The number of imidazole rings is 1. The quantitative estimate of drug-likeness (QED) is 0.907. The summed E-state index contributed by atoms with van der Waals surface area (Å²) in [6.45, 7) is 1.85. The number of halogens is 1. The van der Waals surface area contributed by atoms with Crippen LogP contribution < -0.4 is 0 Å². The number of aromatic nitrogens is 2. The normalized spacial score (nSPS) is 10.8. The van der Waals surface area contributed by atoms with Gasteiger partial charge in [0.25, 0.3) is 0 Å². The second kappa shape index (κ2) is 3.66. The van der Waals surface area contributed by atoms with Crippen LogP contribution in [0.5, 0.6) is 0 Å². The van der Waals surface area contributed by atoms with Crippen LogP contribution in [0, 0.1) is 6.92 Å². The molecule has 0 saturated carbocycles. The smallest absolute Gasteiger partial charge is 0.309 e. The van der Waals surface area contributed by atoms with Gasteiger partial charge in [-0.3, -0.25) is 4.79 Å². The molecular weight excluding hydrogens is 260 g/mol. The molecule has 0 spiro atoms. The first-order chi connectivity index (χ1) is 7.08. The monoisotopic (exact) mass is 268 g/mol. The molecule has 5 heteroatoms. The van der Waals surface area contributed by atoms with Crippen LogP contribution in [-0.2, 0) is 11.2 Å². The van der Waals surface area contributed by atoms with E-state index in [9.17, 15) is 4.79 Å². The molecule has 0 bridgehead atoms. The zero-order chi connectivity index (χ0) is 11.0. The van der Waals surface area contributed by atoms with E-state index >= 15 is 0 Å². The molecule has 0 radical (unpaired) electrons. The van der Waals surface area contributed by atoms with Crippen molar-refractivity contribution in [3.05, 3.63) is 34.3 Å². The summed E-state index contributed by atoms with van der Waals surface area (Å²) in [6.07, 6.45) is 1.82. The van der Waals surface area contributed by atoms with Gasteiger partial charge in [0, 0.05) is 10.7 Å². The zero-order valence-electron chi connectivity index (χ0n) is 8.07. The van der Waals surface area contributed by atoms with Crippen molar-refractivity contribution in [1.82, 2.24) is 9.38 Å². The number of hydrogen-bond acceptors (Lipinski definition) is 2. The highest BCUT2D eigenvalue weighted by Crippen LogP contribution is 2.18. The van der Waals surface area contributed by atoms with Gasteiger partial charge < -0.3 is 9.51 Å². The van der Waals surface area contributed by atoms with Crippen molar-refractivity contribution in [2.45, 2.75) is 13.3 Å². The Morgan fingerprint density at radius 3 is 3.07 bits per heavy atom. The van der Waals surface area contributed by atoms with E-state index in [2.05, 4.69) is 20.9 Å². The lowest BCUT2D eigenvalue weighted by molar-refractivity contribution is -0.136. The number of fused-ring (bicyclic) bond motifs is 1. The Hall–Kier alpha value is -1.36. The predicted molar refractivity (Wildman–Crippen MR) is 59.0 cm³/mol. The first kappa shape index (κ1) is 10.2. The average molecular weight is 269 g/mol. The number of aliphatic carboxylic acids is 1. The summed E-state index contributed by atoms with van der Waals surface area (Å²) in [4.78, 5) is 14.9. The second-order valence-corrected chi connectivity index (χ2v) is 4.19. The van der Waals surface area contributed by atoms with E-state index in [0.717, 1.165) is 15.8 Å². The van der Waals surface area contributed by atoms with Crippen LogP contribution in [0.25, 0.3) is 5.52 Å². The van der Waals surface area contributed by atoms with Gasteiger partial charge in [-0.15, -0.1) is 0 Å². The third-order valence-electron chi connectivity index (χ3n) is 2.18. The third kappa shape index (κ3) is 1.87. The fourth-order valence-electron chi connectivity index (χ4n) is 1.56. The van der Waals surface area contributed by atoms with E-state index in [1.165, 1.54) is 0 Å². The molecule has 2 aromatic heterocycles. The molecule has 4 nitrogen and oxygen atoms in total. The van der Waals surface area contributed by atoms with Crippen molar-refractivity contribution in [2.24, 2.45) is 0 Å². The summed E-state index contributed by atoms with van der Waals surface area (Å²) in [5.41, 5.74) is 1.44. The molecule has 1 N–H and O–H groups in total. The number of rotatable bonds is 2. The summed E-state index contributed by atoms with van der Waals surface area (Å²) in [6, 6.07) is 3.77. The molecule has 0 fully saturated rings. The lowest BCUT2D eigenvalue weighted by atomic mass is 10.2. The molecule has 0 saturated heterocycles. The van der Waals surface area contributed by atoms with E-state index in [0.29, 0.717) is 5.69 Å². The number of nitrogens with zero attached hydrogens (tertiary/aromatic N) is 2. The molecule has 2 rings (SSSR count). The van der Waals surface area contributed by atoms with Gasteiger partial charge in [-0.05, 0) is 19.1 Å². The number of aryl methyl sites for hydroxylation is 1. The molecule has 78 valence electrons. The minimum absolute atomic E-state index is 0.0478. The minimum Gasteiger partial charge on any atom is -0.481 e.